The molecule has 0 amide bonds. The molecule has 2 aromatic rings. The minimum atomic E-state index is -1.06. The number of benzene rings is 2. The molecule has 0 fully saturated rings. The monoisotopic (exact) mass is 550 g/mol. The Kier molecular flexibility index (Phi) is 17.5. The van der Waals surface area contributed by atoms with E-state index in [9.17, 15) is 14.3 Å². The van der Waals surface area contributed by atoms with Crippen molar-refractivity contribution >= 4 is 39.5 Å². The predicted molar refractivity (Wildman–Crippen MR) is 148 cm³/mol. The second-order valence-corrected chi connectivity index (χ2v) is 6.78. The van der Waals surface area contributed by atoms with E-state index in [0.29, 0.717) is 30.2 Å². The lowest BCUT2D eigenvalue weighted by molar-refractivity contribution is 0.0692. The van der Waals surface area contributed by atoms with Crippen LogP contribution in [0.4, 0.5) is 15.8 Å². The summed E-state index contributed by atoms with van der Waals surface area (Å²) in [5.41, 5.74) is 2.26. The zero-order valence-corrected chi connectivity index (χ0v) is 22.6. The molecule has 0 aliphatic carbocycles. The van der Waals surface area contributed by atoms with Gasteiger partial charge in [0, 0.05) is 18.8 Å². The summed E-state index contributed by atoms with van der Waals surface area (Å²) >= 11 is 2.94. The van der Waals surface area contributed by atoms with Gasteiger partial charge in [-0.25, -0.2) is 9.18 Å². The number of nitrogens with one attached hydrogen (secondary N) is 1. The van der Waals surface area contributed by atoms with E-state index in [-0.39, 0.29) is 17.9 Å². The van der Waals surface area contributed by atoms with Crippen LogP contribution in [0.15, 0.2) is 71.8 Å². The standard InChI is InChI=1S/C23H27FN2O4.C3H6.CH3Br/c1-4-17(16(3)24)15-26-21-9-7-6-8-20(21)25-12-13-30-18-10-11-19(23(27)28)22(14-18)29-5-2;1-3-2;1-2/h4,6-12,14,16,26H,5,13,15H2,1-3H3,(H,27,28);3H,1H2,2H3;1H3/b17-4-,25-12?;;. The van der Waals surface area contributed by atoms with Crippen molar-refractivity contribution in [3.8, 4) is 11.5 Å². The zero-order chi connectivity index (χ0) is 26.6. The highest BCUT2D eigenvalue weighted by Crippen LogP contribution is 2.26. The molecule has 1 unspecified atom stereocenters. The van der Waals surface area contributed by atoms with Crippen LogP contribution in [0.2, 0.25) is 0 Å². The van der Waals surface area contributed by atoms with E-state index in [1.807, 2.05) is 43.9 Å². The van der Waals surface area contributed by atoms with E-state index in [1.165, 1.54) is 13.0 Å². The van der Waals surface area contributed by atoms with Crippen LogP contribution in [0.3, 0.4) is 0 Å². The number of anilines is 1. The summed E-state index contributed by atoms with van der Waals surface area (Å²) in [4.78, 5) is 15.7. The van der Waals surface area contributed by atoms with Gasteiger partial charge in [0.05, 0.1) is 18.0 Å². The van der Waals surface area contributed by atoms with E-state index in [0.717, 1.165) is 5.69 Å². The number of aliphatic imine (C=N–C) groups is 1. The molecule has 1 atom stereocenters. The number of rotatable bonds is 11. The SMILES string of the molecule is C/C=C(/CNc1ccccc1N=CCOc1ccc(C(=O)O)c(OCC)c1)C(C)F.C=CC.CBr. The molecule has 0 bridgehead atoms. The smallest absolute Gasteiger partial charge is 0.339 e. The maximum Gasteiger partial charge on any atom is 0.339 e. The van der Waals surface area contributed by atoms with Crippen LogP contribution in [0, 0.1) is 0 Å². The summed E-state index contributed by atoms with van der Waals surface area (Å²) < 4.78 is 24.5. The van der Waals surface area contributed by atoms with Gasteiger partial charge >= 0.3 is 5.97 Å². The molecule has 192 valence electrons. The summed E-state index contributed by atoms with van der Waals surface area (Å²) in [5, 5.41) is 12.4. The largest absolute Gasteiger partial charge is 0.493 e. The second kappa shape index (κ2) is 19.2. The van der Waals surface area contributed by atoms with Crippen molar-refractivity contribution in [2.45, 2.75) is 33.9 Å². The molecule has 0 spiro atoms. The van der Waals surface area contributed by atoms with E-state index >= 15 is 0 Å². The summed E-state index contributed by atoms with van der Waals surface area (Å²) in [6.07, 6.45) is 4.12. The third-order valence-corrected chi connectivity index (χ3v) is 4.31. The van der Waals surface area contributed by atoms with Crippen molar-refractivity contribution in [1.82, 2.24) is 0 Å². The Labute approximate surface area is 216 Å². The first kappa shape index (κ1) is 31.9. The molecule has 0 saturated heterocycles. The number of nitrogens with zero attached hydrogens (tertiary/aromatic N) is 1. The number of para-hydroxylation sites is 2. The van der Waals surface area contributed by atoms with Crippen molar-refractivity contribution in [1.29, 1.82) is 0 Å². The Morgan fingerprint density at radius 1 is 1.23 bits per heavy atom. The number of carboxylic acid groups (broad SMARTS) is 1. The maximum atomic E-state index is 13.5. The van der Waals surface area contributed by atoms with E-state index in [1.54, 1.807) is 37.4 Å². The number of carbonyl (C=O) groups is 1. The van der Waals surface area contributed by atoms with Crippen LogP contribution < -0.4 is 14.8 Å². The fourth-order valence-corrected chi connectivity index (χ4v) is 2.72. The minimum absolute atomic E-state index is 0.0842. The number of aromatic carboxylic acids is 1. The van der Waals surface area contributed by atoms with E-state index in [2.05, 4.69) is 32.8 Å². The van der Waals surface area contributed by atoms with Crippen LogP contribution in [-0.2, 0) is 0 Å². The molecular weight excluding hydrogens is 515 g/mol. The third kappa shape index (κ3) is 12.2. The van der Waals surface area contributed by atoms with Crippen LogP contribution in [0.25, 0.3) is 0 Å². The fourth-order valence-electron chi connectivity index (χ4n) is 2.72. The Hall–Kier alpha value is -3.13. The molecule has 0 radical (unpaired) electrons. The highest BCUT2D eigenvalue weighted by Gasteiger charge is 2.12. The molecular formula is C27H36BrFN2O4. The fraction of sp³-hybridized carbons (Fsp3) is 0.333. The molecule has 0 heterocycles. The van der Waals surface area contributed by atoms with Gasteiger partial charge in [-0.2, -0.15) is 0 Å². The molecule has 2 aromatic carbocycles. The Bertz CT molecular complexity index is 962. The van der Waals surface area contributed by atoms with E-state index < -0.39 is 12.1 Å². The maximum absolute atomic E-state index is 13.5. The molecule has 8 heteroatoms. The van der Waals surface area contributed by atoms with Gasteiger partial charge in [-0.3, -0.25) is 4.99 Å². The summed E-state index contributed by atoms with van der Waals surface area (Å²) in [6.45, 7) is 11.3. The molecule has 2 N–H and O–H groups in total. The van der Waals surface area contributed by atoms with Gasteiger partial charge in [0.2, 0.25) is 0 Å². The molecule has 0 aliphatic rings. The van der Waals surface area contributed by atoms with Gasteiger partial charge in [-0.15, -0.1) is 6.58 Å². The predicted octanol–water partition coefficient (Wildman–Crippen LogP) is 7.48. The summed E-state index contributed by atoms with van der Waals surface area (Å²) in [6, 6.07) is 12.0. The van der Waals surface area contributed by atoms with Gasteiger partial charge in [0.1, 0.15) is 29.8 Å². The molecule has 6 nitrogen and oxygen atoms in total. The zero-order valence-electron chi connectivity index (χ0n) is 21.1. The van der Waals surface area contributed by atoms with Crippen molar-refractivity contribution in [3.63, 3.8) is 0 Å². The number of alkyl halides is 2. The van der Waals surface area contributed by atoms with Gasteiger partial charge in [-0.05, 0) is 63.4 Å². The average molecular weight is 551 g/mol. The average Bonchev–Trinajstić information content (AvgIpc) is 2.84. The lowest BCUT2D eigenvalue weighted by atomic mass is 10.1. The Balaban J connectivity index is 0.00000214. The summed E-state index contributed by atoms with van der Waals surface area (Å²) in [7, 11) is 0. The van der Waals surface area contributed by atoms with Crippen molar-refractivity contribution < 1.29 is 23.8 Å². The Morgan fingerprint density at radius 3 is 2.46 bits per heavy atom. The number of carboxylic acids is 1. The minimum Gasteiger partial charge on any atom is -0.493 e. The third-order valence-electron chi connectivity index (χ3n) is 4.31. The van der Waals surface area contributed by atoms with E-state index in [4.69, 9.17) is 9.47 Å². The first-order valence-electron chi connectivity index (χ1n) is 11.1. The quantitative estimate of drug-likeness (QED) is 0.172. The van der Waals surface area contributed by atoms with Crippen LogP contribution >= 0.6 is 15.9 Å². The van der Waals surface area contributed by atoms with Gasteiger partial charge in [-0.1, -0.05) is 40.2 Å². The topological polar surface area (TPSA) is 80.2 Å². The lowest BCUT2D eigenvalue weighted by Crippen LogP contribution is -2.11. The first-order chi connectivity index (χ1) is 16.9. The normalized spacial score (nSPS) is 11.3. The first-order valence-corrected chi connectivity index (χ1v) is 12.7. The van der Waals surface area contributed by atoms with Gasteiger partial charge < -0.3 is 19.9 Å². The van der Waals surface area contributed by atoms with Crippen molar-refractivity contribution in [2.75, 3.05) is 30.9 Å². The van der Waals surface area contributed by atoms with Gasteiger partial charge in [0.25, 0.3) is 0 Å². The highest BCUT2D eigenvalue weighted by atomic mass is 79.9. The lowest BCUT2D eigenvalue weighted by Gasteiger charge is -2.12. The molecule has 35 heavy (non-hydrogen) atoms. The van der Waals surface area contributed by atoms with Crippen LogP contribution in [0.1, 0.15) is 38.1 Å². The summed E-state index contributed by atoms with van der Waals surface area (Å²) in [5.74, 6) is 1.50. The second-order valence-electron chi connectivity index (χ2n) is 6.78. The van der Waals surface area contributed by atoms with Crippen LogP contribution in [-0.4, -0.2) is 49.1 Å². The molecule has 2 rings (SSSR count). The number of halogens is 2. The van der Waals surface area contributed by atoms with Crippen molar-refractivity contribution in [2.24, 2.45) is 4.99 Å². The van der Waals surface area contributed by atoms with Crippen LogP contribution in [0.5, 0.6) is 11.5 Å². The number of hydrogen-bond donors (Lipinski definition) is 2. The number of allylic oxidation sites excluding steroid dienone is 2. The molecule has 0 aliphatic heterocycles. The highest BCUT2D eigenvalue weighted by molar-refractivity contribution is 9.08. The number of hydrogen-bond acceptors (Lipinski definition) is 5. The Morgan fingerprint density at radius 2 is 1.89 bits per heavy atom. The van der Waals surface area contributed by atoms with Gasteiger partial charge in [0.15, 0.2) is 0 Å². The van der Waals surface area contributed by atoms with Crippen molar-refractivity contribution in [3.05, 3.63) is 72.3 Å². The molecule has 0 aromatic heterocycles. The number of ether oxygens (including phenoxy) is 2. The molecule has 0 saturated carbocycles.